The molecule has 0 bridgehead atoms. The molecule has 1 fully saturated rings. The van der Waals surface area contributed by atoms with E-state index in [9.17, 15) is 15.2 Å². The van der Waals surface area contributed by atoms with Gasteiger partial charge < -0.3 is 10.4 Å². The van der Waals surface area contributed by atoms with Crippen LogP contribution in [0.1, 0.15) is 55.7 Å². The molecule has 3 rings (SSSR count). The summed E-state index contributed by atoms with van der Waals surface area (Å²) in [6.07, 6.45) is 5.11. The number of likely N-dealkylation sites (tertiary alicyclic amines) is 1. The maximum absolute atomic E-state index is 11.4. The molecule has 9 nitrogen and oxygen atoms in total. The van der Waals surface area contributed by atoms with E-state index in [1.54, 1.807) is 12.1 Å². The Hall–Kier alpha value is -3.13. The minimum atomic E-state index is -0.476. The van der Waals surface area contributed by atoms with E-state index in [1.165, 1.54) is 35.6 Å². The fourth-order valence-electron chi connectivity index (χ4n) is 4.52. The summed E-state index contributed by atoms with van der Waals surface area (Å²) >= 11 is 0. The van der Waals surface area contributed by atoms with Crippen molar-refractivity contribution in [2.24, 2.45) is 5.11 Å². The standard InChI is InChI=1S/C25H34N6O3/c1-18(2)21-14-19(13-20(15-21)9-12-30-11-4-3-5-23(30)17-32)8-10-27-24-7-6-22(28-29-26)16-25(24)31(33)34/h6-7,13-16,18,23,27,32H,3-5,8-12,17H2,1-2H3/t23-/m1/s1. The van der Waals surface area contributed by atoms with Crippen LogP contribution < -0.4 is 5.32 Å². The van der Waals surface area contributed by atoms with E-state index in [0.717, 1.165) is 32.4 Å². The molecule has 1 aliphatic rings. The minimum absolute atomic E-state index is 0.110. The van der Waals surface area contributed by atoms with Gasteiger partial charge >= 0.3 is 0 Å². The Morgan fingerprint density at radius 2 is 2.00 bits per heavy atom. The highest BCUT2D eigenvalue weighted by molar-refractivity contribution is 5.66. The second-order valence-corrected chi connectivity index (χ2v) is 9.18. The van der Waals surface area contributed by atoms with Gasteiger partial charge in [-0.2, -0.15) is 0 Å². The largest absolute Gasteiger partial charge is 0.395 e. The Kier molecular flexibility index (Phi) is 9.27. The van der Waals surface area contributed by atoms with Crippen LogP contribution >= 0.6 is 0 Å². The van der Waals surface area contributed by atoms with Crippen molar-refractivity contribution in [3.63, 3.8) is 0 Å². The number of nitrogens with one attached hydrogen (secondary N) is 1. The molecule has 1 heterocycles. The monoisotopic (exact) mass is 466 g/mol. The van der Waals surface area contributed by atoms with Gasteiger partial charge in [0.15, 0.2) is 0 Å². The SMILES string of the molecule is CC(C)c1cc(CCNc2ccc(N=[N+]=[N-])cc2[N+](=O)[O-])cc(CCN2CCCC[C@@H]2CO)c1. The third-order valence-electron chi connectivity index (χ3n) is 6.46. The molecule has 1 aliphatic heterocycles. The molecule has 0 spiro atoms. The molecule has 34 heavy (non-hydrogen) atoms. The van der Waals surface area contributed by atoms with Crippen LogP contribution in [0.3, 0.4) is 0 Å². The smallest absolute Gasteiger partial charge is 0.292 e. The maximum atomic E-state index is 11.4. The number of nitro groups is 1. The molecule has 1 atom stereocenters. The lowest BCUT2D eigenvalue weighted by atomic mass is 9.95. The van der Waals surface area contributed by atoms with Crippen LogP contribution in [0, 0.1) is 10.1 Å². The van der Waals surface area contributed by atoms with E-state index in [0.29, 0.717) is 18.2 Å². The summed E-state index contributed by atoms with van der Waals surface area (Å²) < 4.78 is 0. The summed E-state index contributed by atoms with van der Waals surface area (Å²) in [6.45, 7) is 7.11. The molecule has 9 heteroatoms. The minimum Gasteiger partial charge on any atom is -0.395 e. The molecule has 0 radical (unpaired) electrons. The van der Waals surface area contributed by atoms with Crippen molar-refractivity contribution in [1.29, 1.82) is 0 Å². The molecular weight excluding hydrogens is 432 g/mol. The van der Waals surface area contributed by atoms with Gasteiger partial charge in [-0.3, -0.25) is 15.0 Å². The molecule has 2 aromatic carbocycles. The van der Waals surface area contributed by atoms with Crippen molar-refractivity contribution >= 4 is 17.1 Å². The number of anilines is 1. The summed E-state index contributed by atoms with van der Waals surface area (Å²) in [5.41, 5.74) is 12.8. The zero-order chi connectivity index (χ0) is 24.5. The number of hydrogen-bond acceptors (Lipinski definition) is 6. The van der Waals surface area contributed by atoms with Crippen LogP contribution in [-0.4, -0.2) is 47.2 Å². The molecule has 0 aromatic heterocycles. The molecule has 0 aliphatic carbocycles. The summed E-state index contributed by atoms with van der Waals surface area (Å²) in [5, 5.41) is 27.7. The second-order valence-electron chi connectivity index (χ2n) is 9.18. The number of aliphatic hydroxyl groups is 1. The highest BCUT2D eigenvalue weighted by Crippen LogP contribution is 2.29. The van der Waals surface area contributed by atoms with Gasteiger partial charge in [0.1, 0.15) is 5.69 Å². The van der Waals surface area contributed by atoms with Gasteiger partial charge in [-0.05, 0) is 66.4 Å². The lowest BCUT2D eigenvalue weighted by Gasteiger charge is -2.34. The summed E-state index contributed by atoms with van der Waals surface area (Å²) in [6, 6.07) is 11.4. The van der Waals surface area contributed by atoms with Gasteiger partial charge in [-0.1, -0.05) is 49.6 Å². The van der Waals surface area contributed by atoms with E-state index in [4.69, 9.17) is 5.53 Å². The highest BCUT2D eigenvalue weighted by Gasteiger charge is 2.21. The van der Waals surface area contributed by atoms with Gasteiger partial charge in [-0.25, -0.2) is 0 Å². The van der Waals surface area contributed by atoms with Crippen LogP contribution in [-0.2, 0) is 12.8 Å². The van der Waals surface area contributed by atoms with E-state index < -0.39 is 4.92 Å². The van der Waals surface area contributed by atoms with Crippen LogP contribution in [0.15, 0.2) is 41.5 Å². The van der Waals surface area contributed by atoms with Crippen LogP contribution in [0.4, 0.5) is 17.1 Å². The molecule has 182 valence electrons. The van der Waals surface area contributed by atoms with Crippen LogP contribution in [0.5, 0.6) is 0 Å². The molecule has 0 unspecified atom stereocenters. The third-order valence-corrected chi connectivity index (χ3v) is 6.46. The predicted octanol–water partition coefficient (Wildman–Crippen LogP) is 5.70. The number of piperidine rings is 1. The molecular formula is C25H34N6O3. The number of azide groups is 1. The molecule has 2 aromatic rings. The average Bonchev–Trinajstić information content (AvgIpc) is 2.83. The Balaban J connectivity index is 1.68. The van der Waals surface area contributed by atoms with E-state index in [2.05, 4.69) is 52.3 Å². The van der Waals surface area contributed by atoms with E-state index >= 15 is 0 Å². The fourth-order valence-corrected chi connectivity index (χ4v) is 4.52. The first-order valence-corrected chi connectivity index (χ1v) is 12.0. The third kappa shape index (κ3) is 6.93. The van der Waals surface area contributed by atoms with Crippen LogP contribution in [0.2, 0.25) is 0 Å². The summed E-state index contributed by atoms with van der Waals surface area (Å²) in [7, 11) is 0. The first-order chi connectivity index (χ1) is 16.4. The number of benzene rings is 2. The Labute approximate surface area is 200 Å². The zero-order valence-electron chi connectivity index (χ0n) is 20.0. The Bertz CT molecular complexity index is 1040. The summed E-state index contributed by atoms with van der Waals surface area (Å²) in [5.74, 6) is 0.404. The first-order valence-electron chi connectivity index (χ1n) is 12.0. The Morgan fingerprint density at radius 3 is 2.68 bits per heavy atom. The van der Waals surface area contributed by atoms with Crippen molar-refractivity contribution in [1.82, 2.24) is 4.90 Å². The Morgan fingerprint density at radius 1 is 1.24 bits per heavy atom. The zero-order valence-corrected chi connectivity index (χ0v) is 20.0. The van der Waals surface area contributed by atoms with Crippen molar-refractivity contribution in [3.8, 4) is 0 Å². The van der Waals surface area contributed by atoms with Crippen molar-refractivity contribution in [3.05, 3.63) is 73.6 Å². The maximum Gasteiger partial charge on any atom is 0.292 e. The first kappa shape index (κ1) is 25.5. The quantitative estimate of drug-likeness (QED) is 0.144. The van der Waals surface area contributed by atoms with Gasteiger partial charge in [0.25, 0.3) is 5.69 Å². The lowest BCUT2D eigenvalue weighted by Crippen LogP contribution is -2.42. The number of aliphatic hydroxyl groups excluding tert-OH is 1. The lowest BCUT2D eigenvalue weighted by molar-refractivity contribution is -0.383. The molecule has 0 amide bonds. The van der Waals surface area contributed by atoms with Crippen molar-refractivity contribution < 1.29 is 10.0 Å². The number of nitro benzene ring substituents is 1. The second kappa shape index (κ2) is 12.4. The normalized spacial score (nSPS) is 16.3. The molecule has 0 saturated carbocycles. The number of rotatable bonds is 11. The summed E-state index contributed by atoms with van der Waals surface area (Å²) in [4.78, 5) is 16.1. The van der Waals surface area contributed by atoms with E-state index in [1.807, 2.05) is 0 Å². The highest BCUT2D eigenvalue weighted by atomic mass is 16.6. The van der Waals surface area contributed by atoms with Crippen molar-refractivity contribution in [2.75, 3.05) is 31.6 Å². The van der Waals surface area contributed by atoms with Gasteiger partial charge in [0.2, 0.25) is 0 Å². The number of nitrogens with zero attached hydrogens (tertiary/aromatic N) is 5. The van der Waals surface area contributed by atoms with Gasteiger partial charge in [0, 0.05) is 35.8 Å². The van der Waals surface area contributed by atoms with Crippen molar-refractivity contribution in [2.45, 2.75) is 57.9 Å². The predicted molar refractivity (Wildman–Crippen MR) is 135 cm³/mol. The van der Waals surface area contributed by atoms with E-state index in [-0.39, 0.29) is 24.0 Å². The topological polar surface area (TPSA) is 127 Å². The van der Waals surface area contributed by atoms with Gasteiger partial charge in [0.05, 0.1) is 11.5 Å². The molecule has 2 N–H and O–H groups in total. The van der Waals surface area contributed by atoms with Crippen LogP contribution in [0.25, 0.3) is 10.4 Å². The van der Waals surface area contributed by atoms with Gasteiger partial charge in [-0.15, -0.1) is 0 Å². The number of hydrogen-bond donors (Lipinski definition) is 2. The fraction of sp³-hybridized carbons (Fsp3) is 0.520. The average molecular weight is 467 g/mol. The molecule has 1 saturated heterocycles.